The molecule has 1 aromatic heterocycles. The molecule has 1 aliphatic carbocycles. The van der Waals surface area contributed by atoms with Crippen LogP contribution in [0.3, 0.4) is 0 Å². The highest BCUT2D eigenvalue weighted by molar-refractivity contribution is 5.88. The number of amides is 2. The first-order chi connectivity index (χ1) is 10.2. The van der Waals surface area contributed by atoms with Crippen molar-refractivity contribution >= 4 is 11.8 Å². The van der Waals surface area contributed by atoms with Gasteiger partial charge in [-0.3, -0.25) is 5.32 Å². The monoisotopic (exact) mass is 291 g/mol. The Morgan fingerprint density at radius 3 is 2.90 bits per heavy atom. The van der Waals surface area contributed by atoms with Crippen LogP contribution in [-0.2, 0) is 0 Å². The first kappa shape index (κ1) is 14.4. The van der Waals surface area contributed by atoms with Gasteiger partial charge in [0.1, 0.15) is 5.82 Å². The number of aromatic nitrogens is 2. The zero-order valence-electron chi connectivity index (χ0n) is 12.7. The van der Waals surface area contributed by atoms with Crippen LogP contribution in [0.15, 0.2) is 12.3 Å². The number of nitrogens with zero attached hydrogens (tertiary/aromatic N) is 3. The number of likely N-dealkylation sites (tertiary alicyclic amines) is 1. The molecule has 2 heterocycles. The van der Waals surface area contributed by atoms with Gasteiger partial charge in [-0.2, -0.15) is 5.10 Å². The predicted molar refractivity (Wildman–Crippen MR) is 82.4 cm³/mol. The molecule has 1 saturated carbocycles. The van der Waals surface area contributed by atoms with Gasteiger partial charge in [-0.05, 0) is 51.6 Å². The van der Waals surface area contributed by atoms with Crippen LogP contribution < -0.4 is 10.6 Å². The van der Waals surface area contributed by atoms with Gasteiger partial charge in [-0.15, -0.1) is 0 Å². The van der Waals surface area contributed by atoms with Crippen molar-refractivity contribution in [3.05, 3.63) is 12.3 Å². The van der Waals surface area contributed by atoms with Gasteiger partial charge in [-0.25, -0.2) is 9.48 Å². The van der Waals surface area contributed by atoms with Crippen molar-refractivity contribution in [3.8, 4) is 0 Å². The summed E-state index contributed by atoms with van der Waals surface area (Å²) in [7, 11) is 0. The minimum Gasteiger partial charge on any atom is -0.337 e. The van der Waals surface area contributed by atoms with Gasteiger partial charge < -0.3 is 10.2 Å². The van der Waals surface area contributed by atoms with Gasteiger partial charge in [0.05, 0.1) is 12.2 Å². The largest absolute Gasteiger partial charge is 0.337 e. The number of urea groups is 1. The lowest BCUT2D eigenvalue weighted by Crippen LogP contribution is -2.36. The maximum absolute atomic E-state index is 12.0. The van der Waals surface area contributed by atoms with Crippen LogP contribution in [0, 0.1) is 5.92 Å². The average molecular weight is 291 g/mol. The number of carbonyl (C=O) groups excluding carboxylic acids is 1. The fourth-order valence-corrected chi connectivity index (χ4v) is 3.01. The Morgan fingerprint density at radius 2 is 2.19 bits per heavy atom. The average Bonchev–Trinajstić information content (AvgIpc) is 3.00. The van der Waals surface area contributed by atoms with Crippen molar-refractivity contribution in [3.63, 3.8) is 0 Å². The Balaban J connectivity index is 1.44. The second-order valence-electron chi connectivity index (χ2n) is 6.17. The van der Waals surface area contributed by atoms with E-state index in [-0.39, 0.29) is 6.03 Å². The molecule has 1 saturated heterocycles. The molecule has 2 N–H and O–H groups in total. The summed E-state index contributed by atoms with van der Waals surface area (Å²) < 4.78 is 1.93. The van der Waals surface area contributed by atoms with Gasteiger partial charge in [-0.1, -0.05) is 0 Å². The minimum atomic E-state index is -0.140. The van der Waals surface area contributed by atoms with Crippen LogP contribution in [0.25, 0.3) is 0 Å². The van der Waals surface area contributed by atoms with Crippen molar-refractivity contribution in [2.75, 3.05) is 31.5 Å². The van der Waals surface area contributed by atoms with Crippen molar-refractivity contribution in [1.82, 2.24) is 20.0 Å². The molecule has 6 nitrogen and oxygen atoms in total. The summed E-state index contributed by atoms with van der Waals surface area (Å²) in [6, 6.07) is 2.08. The van der Waals surface area contributed by atoms with Crippen LogP contribution in [0.5, 0.6) is 0 Å². The first-order valence-electron chi connectivity index (χ1n) is 8.05. The maximum atomic E-state index is 12.0. The molecule has 116 valence electrons. The van der Waals surface area contributed by atoms with E-state index >= 15 is 0 Å². The Hall–Kier alpha value is -1.56. The van der Waals surface area contributed by atoms with Gasteiger partial charge >= 0.3 is 6.03 Å². The van der Waals surface area contributed by atoms with Crippen molar-refractivity contribution < 1.29 is 4.79 Å². The molecule has 0 spiro atoms. The molecule has 1 aromatic rings. The topological polar surface area (TPSA) is 62.2 Å². The van der Waals surface area contributed by atoms with Crippen LogP contribution in [0.2, 0.25) is 0 Å². The summed E-state index contributed by atoms with van der Waals surface area (Å²) in [5, 5.41) is 10.2. The summed E-state index contributed by atoms with van der Waals surface area (Å²) in [6.45, 7) is 6.12. The van der Waals surface area contributed by atoms with Gasteiger partial charge in [0.25, 0.3) is 0 Å². The van der Waals surface area contributed by atoms with Crippen molar-refractivity contribution in [2.45, 2.75) is 38.6 Å². The second kappa shape index (κ2) is 6.47. The third-order valence-corrected chi connectivity index (χ3v) is 4.51. The van der Waals surface area contributed by atoms with Crippen molar-refractivity contribution in [2.24, 2.45) is 5.92 Å². The molecular weight excluding hydrogens is 266 g/mol. The summed E-state index contributed by atoms with van der Waals surface area (Å²) in [4.78, 5) is 14.4. The summed E-state index contributed by atoms with van der Waals surface area (Å²) >= 11 is 0. The third kappa shape index (κ3) is 3.75. The molecule has 0 radical (unpaired) electrons. The normalized spacial score (nSPS) is 20.4. The van der Waals surface area contributed by atoms with E-state index < -0.39 is 0 Å². The van der Waals surface area contributed by atoms with Crippen LogP contribution >= 0.6 is 0 Å². The molecule has 0 bridgehead atoms. The SMILES string of the molecule is CC(C1CC1)n1nccc1NC(=O)NCCN1CCCC1. The molecule has 2 amide bonds. The van der Waals surface area contributed by atoms with E-state index in [1.54, 1.807) is 6.20 Å². The lowest BCUT2D eigenvalue weighted by atomic mass is 10.2. The van der Waals surface area contributed by atoms with Crippen LogP contribution in [0.1, 0.15) is 38.6 Å². The van der Waals surface area contributed by atoms with E-state index in [1.165, 1.54) is 25.7 Å². The number of hydrogen-bond acceptors (Lipinski definition) is 3. The molecule has 2 fully saturated rings. The van der Waals surface area contributed by atoms with E-state index in [2.05, 4.69) is 27.6 Å². The molecule has 21 heavy (non-hydrogen) atoms. The quantitative estimate of drug-likeness (QED) is 0.843. The highest BCUT2D eigenvalue weighted by Gasteiger charge is 2.30. The summed E-state index contributed by atoms with van der Waals surface area (Å²) in [5.41, 5.74) is 0. The Kier molecular flexibility index (Phi) is 4.43. The number of hydrogen-bond donors (Lipinski definition) is 2. The van der Waals surface area contributed by atoms with E-state index in [0.29, 0.717) is 18.5 Å². The molecule has 0 aromatic carbocycles. The predicted octanol–water partition coefficient (Wildman–Crippen LogP) is 2.07. The van der Waals surface area contributed by atoms with Gasteiger partial charge in [0, 0.05) is 19.2 Å². The van der Waals surface area contributed by atoms with E-state index in [0.717, 1.165) is 25.5 Å². The molecule has 1 aliphatic heterocycles. The maximum Gasteiger partial charge on any atom is 0.320 e. The van der Waals surface area contributed by atoms with E-state index in [1.807, 2.05) is 10.7 Å². The first-order valence-corrected chi connectivity index (χ1v) is 8.05. The van der Waals surface area contributed by atoms with E-state index in [9.17, 15) is 4.79 Å². The summed E-state index contributed by atoms with van der Waals surface area (Å²) in [5.74, 6) is 1.50. The highest BCUT2D eigenvalue weighted by atomic mass is 16.2. The number of nitrogens with one attached hydrogen (secondary N) is 2. The number of rotatable bonds is 6. The van der Waals surface area contributed by atoms with Gasteiger partial charge in [0.15, 0.2) is 0 Å². The summed E-state index contributed by atoms with van der Waals surface area (Å²) in [6.07, 6.45) is 6.85. The van der Waals surface area contributed by atoms with Crippen molar-refractivity contribution in [1.29, 1.82) is 0 Å². The number of carbonyl (C=O) groups is 1. The molecule has 6 heteroatoms. The Morgan fingerprint density at radius 1 is 1.43 bits per heavy atom. The third-order valence-electron chi connectivity index (χ3n) is 4.51. The molecular formula is C15H25N5O. The van der Waals surface area contributed by atoms with E-state index in [4.69, 9.17) is 0 Å². The lowest BCUT2D eigenvalue weighted by molar-refractivity contribution is 0.249. The fourth-order valence-electron chi connectivity index (χ4n) is 3.01. The highest BCUT2D eigenvalue weighted by Crippen LogP contribution is 2.40. The number of anilines is 1. The smallest absolute Gasteiger partial charge is 0.320 e. The van der Waals surface area contributed by atoms with Crippen LogP contribution in [-0.4, -0.2) is 46.9 Å². The molecule has 2 aliphatic rings. The molecule has 1 unspecified atom stereocenters. The molecule has 3 rings (SSSR count). The standard InChI is InChI=1S/C15H25N5O/c1-12(13-4-5-13)20-14(6-7-17-20)18-15(21)16-8-11-19-9-2-3-10-19/h6-7,12-13H,2-5,8-11H2,1H3,(H2,16,18,21). The minimum absolute atomic E-state index is 0.140. The van der Waals surface area contributed by atoms with Crippen LogP contribution in [0.4, 0.5) is 10.6 Å². The molecule has 1 atom stereocenters. The zero-order valence-corrected chi connectivity index (χ0v) is 12.7. The zero-order chi connectivity index (χ0) is 14.7. The Bertz CT molecular complexity index is 476. The Labute approximate surface area is 125 Å². The fraction of sp³-hybridized carbons (Fsp3) is 0.733. The lowest BCUT2D eigenvalue weighted by Gasteiger charge is -2.17. The second-order valence-corrected chi connectivity index (χ2v) is 6.17. The van der Waals surface area contributed by atoms with Gasteiger partial charge in [0.2, 0.25) is 0 Å².